The Hall–Kier alpha value is -4.00. The van der Waals surface area contributed by atoms with E-state index >= 15 is 0 Å². The van der Waals surface area contributed by atoms with Gasteiger partial charge in [0.2, 0.25) is 0 Å². The zero-order valence-electron chi connectivity index (χ0n) is 14.6. The second kappa shape index (κ2) is 7.49. The van der Waals surface area contributed by atoms with E-state index in [1.54, 1.807) is 36.6 Å². The van der Waals surface area contributed by atoms with Crippen LogP contribution in [0.5, 0.6) is 0 Å². The number of rotatable bonds is 6. The van der Waals surface area contributed by atoms with Gasteiger partial charge in [-0.15, -0.1) is 0 Å². The van der Waals surface area contributed by atoms with Gasteiger partial charge in [0.1, 0.15) is 11.3 Å². The predicted molar refractivity (Wildman–Crippen MR) is 111 cm³/mol. The lowest BCUT2D eigenvalue weighted by atomic mass is 10.2. The number of nitrogen functional groups attached to an aromatic ring is 1. The highest BCUT2D eigenvalue weighted by Crippen LogP contribution is 2.30. The number of allylic oxidation sites excluding steroid dienone is 5. The molecule has 0 bridgehead atoms. The molecular weight excluding hydrogens is 338 g/mol. The molecule has 3 heterocycles. The average Bonchev–Trinajstić information content (AvgIpc) is 3.06. The highest BCUT2D eigenvalue weighted by atomic mass is 15.1. The van der Waals surface area contributed by atoms with E-state index in [1.807, 2.05) is 16.7 Å². The van der Waals surface area contributed by atoms with E-state index in [1.165, 1.54) is 6.20 Å². The molecule has 0 amide bonds. The van der Waals surface area contributed by atoms with E-state index in [-0.39, 0.29) is 0 Å². The molecule has 0 aliphatic heterocycles. The number of hydrogen-bond acceptors (Lipinski definition) is 6. The summed E-state index contributed by atoms with van der Waals surface area (Å²) in [7, 11) is 0. The van der Waals surface area contributed by atoms with Crippen LogP contribution in [0.25, 0.3) is 33.8 Å². The van der Waals surface area contributed by atoms with Crippen molar-refractivity contribution in [2.45, 2.75) is 0 Å². The molecule has 0 aliphatic carbocycles. The number of nitrogens with one attached hydrogen (secondary N) is 1. The number of nitrogens with two attached hydrogens (primary N) is 2. The van der Waals surface area contributed by atoms with Crippen molar-refractivity contribution in [1.29, 1.82) is 5.41 Å². The lowest BCUT2D eigenvalue weighted by molar-refractivity contribution is 1.11. The molecule has 0 unspecified atom stereocenters. The summed E-state index contributed by atoms with van der Waals surface area (Å²) in [5, 5.41) is 7.51. The second-order valence-electron chi connectivity index (χ2n) is 5.54. The van der Waals surface area contributed by atoms with Crippen LogP contribution < -0.4 is 11.5 Å². The summed E-state index contributed by atoms with van der Waals surface area (Å²) in [5.74, 6) is 0.944. The molecule has 0 saturated heterocycles. The average molecular weight is 357 g/mol. The molecule has 0 saturated carbocycles. The smallest absolute Gasteiger partial charge is 0.165 e. The maximum Gasteiger partial charge on any atom is 0.165 e. The Balaban J connectivity index is 2.41. The third-order valence-electron chi connectivity index (χ3n) is 3.97. The quantitative estimate of drug-likeness (QED) is 0.462. The molecular formula is C20H19N7. The largest absolute Gasteiger partial charge is 0.404 e. The van der Waals surface area contributed by atoms with Crippen LogP contribution in [0.2, 0.25) is 0 Å². The fraction of sp³-hybridized carbons (Fsp3) is 0. The maximum atomic E-state index is 7.51. The van der Waals surface area contributed by atoms with Gasteiger partial charge >= 0.3 is 0 Å². The van der Waals surface area contributed by atoms with Gasteiger partial charge < -0.3 is 16.9 Å². The van der Waals surface area contributed by atoms with Crippen LogP contribution in [-0.4, -0.2) is 25.7 Å². The molecule has 0 radical (unpaired) electrons. The van der Waals surface area contributed by atoms with Crippen LogP contribution >= 0.6 is 0 Å². The Bertz CT molecular complexity index is 1100. The summed E-state index contributed by atoms with van der Waals surface area (Å²) in [5.41, 5.74) is 15.4. The molecule has 0 aliphatic rings. The van der Waals surface area contributed by atoms with Gasteiger partial charge in [-0.05, 0) is 36.4 Å². The standard InChI is InChI=1S/C20H19N7/c1-3-6-14(4-2)27-19(15-7-5-10-24-18(15)23)26-17-9-8-16(25-20(17)27)13(11-21)12-22/h3-12,21H,1-2,22H2,(H2,23,24)/b13-12+,14-6+,21-11?. The first-order valence-electron chi connectivity index (χ1n) is 8.13. The van der Waals surface area contributed by atoms with Gasteiger partial charge in [-0.25, -0.2) is 15.0 Å². The minimum Gasteiger partial charge on any atom is -0.404 e. The van der Waals surface area contributed by atoms with Crippen molar-refractivity contribution in [1.82, 2.24) is 19.5 Å². The molecule has 5 N–H and O–H groups in total. The van der Waals surface area contributed by atoms with Gasteiger partial charge in [-0.2, -0.15) is 0 Å². The molecule has 0 fully saturated rings. The molecule has 0 atom stereocenters. The Kier molecular flexibility index (Phi) is 4.94. The lowest BCUT2D eigenvalue weighted by Crippen LogP contribution is -2.03. The number of fused-ring (bicyclic) bond motifs is 1. The summed E-state index contributed by atoms with van der Waals surface area (Å²) in [4.78, 5) is 13.5. The van der Waals surface area contributed by atoms with Crippen molar-refractivity contribution in [3.05, 3.63) is 73.7 Å². The van der Waals surface area contributed by atoms with Crippen molar-refractivity contribution in [3.63, 3.8) is 0 Å². The minimum atomic E-state index is 0.360. The number of pyridine rings is 2. The van der Waals surface area contributed by atoms with Gasteiger partial charge in [-0.1, -0.05) is 19.2 Å². The normalized spacial score (nSPS) is 12.1. The van der Waals surface area contributed by atoms with Crippen molar-refractivity contribution in [2.75, 3.05) is 5.73 Å². The van der Waals surface area contributed by atoms with E-state index in [2.05, 4.69) is 23.1 Å². The zero-order valence-corrected chi connectivity index (χ0v) is 14.6. The van der Waals surface area contributed by atoms with Crippen molar-refractivity contribution in [3.8, 4) is 11.4 Å². The van der Waals surface area contributed by atoms with Crippen LogP contribution in [0.4, 0.5) is 5.82 Å². The van der Waals surface area contributed by atoms with E-state index < -0.39 is 0 Å². The summed E-state index contributed by atoms with van der Waals surface area (Å²) in [6.07, 6.45) is 9.27. The van der Waals surface area contributed by atoms with Crippen LogP contribution in [0.1, 0.15) is 5.69 Å². The molecule has 27 heavy (non-hydrogen) atoms. The second-order valence-corrected chi connectivity index (χ2v) is 5.54. The first-order chi connectivity index (χ1) is 13.1. The SMILES string of the molecule is C=C/C=C(\C=C)n1c(-c2cccnc2N)nc2ccc(/C(C=N)=C/N)nc21. The fourth-order valence-electron chi connectivity index (χ4n) is 2.71. The van der Waals surface area contributed by atoms with E-state index in [0.29, 0.717) is 39.6 Å². The minimum absolute atomic E-state index is 0.360. The number of imidazole rings is 1. The van der Waals surface area contributed by atoms with Crippen molar-refractivity contribution in [2.24, 2.45) is 5.73 Å². The van der Waals surface area contributed by atoms with Gasteiger partial charge in [0, 0.05) is 29.9 Å². The molecule has 0 aromatic carbocycles. The first-order valence-corrected chi connectivity index (χ1v) is 8.13. The third kappa shape index (κ3) is 3.13. The molecule has 3 rings (SSSR count). The van der Waals surface area contributed by atoms with Crippen molar-refractivity contribution < 1.29 is 0 Å². The molecule has 7 nitrogen and oxygen atoms in total. The Morgan fingerprint density at radius 1 is 1.19 bits per heavy atom. The lowest BCUT2D eigenvalue weighted by Gasteiger charge is -2.11. The third-order valence-corrected chi connectivity index (χ3v) is 3.97. The highest BCUT2D eigenvalue weighted by Gasteiger charge is 2.18. The number of anilines is 1. The van der Waals surface area contributed by atoms with E-state index in [9.17, 15) is 0 Å². The monoisotopic (exact) mass is 357 g/mol. The fourth-order valence-corrected chi connectivity index (χ4v) is 2.71. The summed E-state index contributed by atoms with van der Waals surface area (Å²) < 4.78 is 1.83. The molecule has 134 valence electrons. The summed E-state index contributed by atoms with van der Waals surface area (Å²) in [6.45, 7) is 7.64. The maximum absolute atomic E-state index is 7.51. The van der Waals surface area contributed by atoms with E-state index in [4.69, 9.17) is 21.9 Å². The number of nitrogens with zero attached hydrogens (tertiary/aromatic N) is 4. The van der Waals surface area contributed by atoms with Gasteiger partial charge in [-0.3, -0.25) is 4.57 Å². The van der Waals surface area contributed by atoms with Crippen LogP contribution in [0, 0.1) is 5.41 Å². The van der Waals surface area contributed by atoms with Crippen LogP contribution in [0.3, 0.4) is 0 Å². The Morgan fingerprint density at radius 2 is 2.00 bits per heavy atom. The summed E-state index contributed by atoms with van der Waals surface area (Å²) in [6, 6.07) is 7.23. The highest BCUT2D eigenvalue weighted by molar-refractivity contribution is 6.07. The number of hydrogen-bond donors (Lipinski definition) is 3. The van der Waals surface area contributed by atoms with Gasteiger partial charge in [0.15, 0.2) is 11.5 Å². The molecule has 3 aromatic rings. The Morgan fingerprint density at radius 3 is 2.63 bits per heavy atom. The van der Waals surface area contributed by atoms with Crippen molar-refractivity contribution >= 4 is 34.5 Å². The molecule has 0 spiro atoms. The first kappa shape index (κ1) is 17.8. The molecule has 7 heteroatoms. The van der Waals surface area contributed by atoms with Gasteiger partial charge in [0.25, 0.3) is 0 Å². The Labute approximate surface area is 156 Å². The summed E-state index contributed by atoms with van der Waals surface area (Å²) >= 11 is 0. The van der Waals surface area contributed by atoms with E-state index in [0.717, 1.165) is 11.9 Å². The van der Waals surface area contributed by atoms with Crippen LogP contribution in [0.15, 0.2) is 68.0 Å². The van der Waals surface area contributed by atoms with Gasteiger partial charge in [0.05, 0.1) is 11.3 Å². The number of aromatic nitrogens is 4. The zero-order chi connectivity index (χ0) is 19.4. The topological polar surface area (TPSA) is 119 Å². The predicted octanol–water partition coefficient (Wildman–Crippen LogP) is 3.24. The molecule has 3 aromatic heterocycles. The van der Waals surface area contributed by atoms with Crippen LogP contribution in [-0.2, 0) is 0 Å².